The number of benzene rings is 2. The maximum atomic E-state index is 12.9. The molecule has 1 aliphatic heterocycles. The molecule has 2 aromatic carbocycles. The minimum atomic E-state index is -4.84. The van der Waals surface area contributed by atoms with Crippen LogP contribution < -0.4 is 19.8 Å². The van der Waals surface area contributed by atoms with Crippen LogP contribution in [0.5, 0.6) is 5.75 Å². The largest absolute Gasteiger partial charge is 0.858 e. The van der Waals surface area contributed by atoms with E-state index in [4.69, 9.17) is 16.7 Å². The Bertz CT molecular complexity index is 1410. The third-order valence-electron chi connectivity index (χ3n) is 5.71. The molecular formula is C24H21F3N6O5S. The lowest BCUT2D eigenvalue weighted by molar-refractivity contribution is -0.746. The van der Waals surface area contributed by atoms with Crippen molar-refractivity contribution in [2.24, 2.45) is 12.0 Å². The van der Waals surface area contributed by atoms with E-state index in [9.17, 15) is 27.9 Å². The van der Waals surface area contributed by atoms with Gasteiger partial charge in [-0.25, -0.2) is 4.99 Å². The van der Waals surface area contributed by atoms with E-state index in [0.717, 1.165) is 12.1 Å². The summed E-state index contributed by atoms with van der Waals surface area (Å²) in [5, 5.41) is 19.1. The number of alkyl halides is 3. The Hall–Kier alpha value is -4.53. The lowest BCUT2D eigenvalue weighted by Crippen LogP contribution is -2.42. The van der Waals surface area contributed by atoms with Crippen molar-refractivity contribution >= 4 is 46.6 Å². The number of rotatable bonds is 8. The average molecular weight is 563 g/mol. The second-order valence-corrected chi connectivity index (χ2v) is 8.74. The standard InChI is InChI=1S/C24H21F3N6O5S/c1-31-22(36)17(12-19(34)28-15-8-10-16(11-9-15)37-24(25,26)27)33(23(31)39)13-18-21(38-30-32(18)2)29-20(35)14-6-4-3-5-7-14/h3-11,17H,12-13H2,1-2H3,(H-,28,29,30,34,35). The number of nitrogens with one attached hydrogen (secondary N) is 1. The van der Waals surface area contributed by atoms with Crippen molar-refractivity contribution in [2.75, 3.05) is 12.4 Å². The van der Waals surface area contributed by atoms with E-state index in [1.165, 1.54) is 33.7 Å². The number of amides is 2. The maximum absolute atomic E-state index is 12.9. The number of thiocarbonyl (C=S) groups is 1. The van der Waals surface area contributed by atoms with Gasteiger partial charge in [-0.15, -0.1) is 13.2 Å². The number of carbonyl (C=O) groups is 2. The van der Waals surface area contributed by atoms with Gasteiger partial charge >= 0.3 is 12.2 Å². The van der Waals surface area contributed by atoms with Gasteiger partial charge in [-0.1, -0.05) is 30.3 Å². The fraction of sp³-hybridized carbons (Fsp3) is 0.250. The number of hydrogen-bond acceptors (Lipinski definition) is 8. The summed E-state index contributed by atoms with van der Waals surface area (Å²) in [6.45, 7) is -0.0583. The molecule has 3 aromatic rings. The van der Waals surface area contributed by atoms with Crippen molar-refractivity contribution < 1.29 is 41.8 Å². The van der Waals surface area contributed by atoms with Gasteiger partial charge in [0.15, 0.2) is 12.2 Å². The highest BCUT2D eigenvalue weighted by atomic mass is 32.1. The molecule has 2 amide bonds. The smallest absolute Gasteiger partial charge is 0.573 e. The van der Waals surface area contributed by atoms with Crippen LogP contribution in [0.1, 0.15) is 17.7 Å². The molecule has 1 fully saturated rings. The summed E-state index contributed by atoms with van der Waals surface area (Å²) in [5.74, 6) is -2.12. The number of nitrogens with zero attached hydrogens (tertiary/aromatic N) is 5. The number of aliphatic imine (C=N–C) groups is 1. The number of halogens is 3. The zero-order valence-corrected chi connectivity index (χ0v) is 21.3. The summed E-state index contributed by atoms with van der Waals surface area (Å²) < 4.78 is 47.5. The summed E-state index contributed by atoms with van der Waals surface area (Å²) in [7, 11) is 3.02. The van der Waals surface area contributed by atoms with Gasteiger partial charge in [0.05, 0.1) is 6.42 Å². The molecule has 0 bridgehead atoms. The second kappa shape index (κ2) is 11.1. The first-order valence-corrected chi connectivity index (χ1v) is 11.7. The molecule has 204 valence electrons. The highest BCUT2D eigenvalue weighted by Crippen LogP contribution is 2.27. The van der Waals surface area contributed by atoms with Crippen LogP contribution >= 0.6 is 12.2 Å². The zero-order chi connectivity index (χ0) is 28.3. The molecular weight excluding hydrogens is 541 g/mol. The van der Waals surface area contributed by atoms with Crippen LogP contribution in [0.2, 0.25) is 0 Å². The highest BCUT2D eigenvalue weighted by molar-refractivity contribution is 7.80. The van der Waals surface area contributed by atoms with Gasteiger partial charge in [-0.05, 0) is 52.6 Å². The molecule has 1 saturated heterocycles. The SMILES string of the molecule is CN1C(=O)C(CC(=O)Nc2ccc(OC(F)(F)F)cc2)N(Cc2c(/N=C(\[O-])c3ccccc3)on[n+]2C)C1=S. The molecule has 2 heterocycles. The number of anilines is 1. The van der Waals surface area contributed by atoms with Crippen LogP contribution in [-0.2, 0) is 23.2 Å². The highest BCUT2D eigenvalue weighted by Gasteiger charge is 2.43. The number of hydrogen-bond donors (Lipinski definition) is 1. The van der Waals surface area contributed by atoms with Crippen molar-refractivity contribution in [2.45, 2.75) is 25.4 Å². The lowest BCUT2D eigenvalue weighted by atomic mass is 10.1. The third-order valence-corrected chi connectivity index (χ3v) is 6.21. The Morgan fingerprint density at radius 3 is 2.54 bits per heavy atom. The van der Waals surface area contributed by atoms with E-state index in [1.807, 2.05) is 0 Å². The molecule has 0 saturated carbocycles. The topological polar surface area (TPSA) is 127 Å². The van der Waals surface area contributed by atoms with Gasteiger partial charge < -0.3 is 20.1 Å². The number of carbonyl (C=O) groups excluding carboxylic acids is 2. The Kier molecular flexibility index (Phi) is 7.80. The van der Waals surface area contributed by atoms with E-state index >= 15 is 0 Å². The molecule has 4 rings (SSSR count). The van der Waals surface area contributed by atoms with E-state index in [-0.39, 0.29) is 29.6 Å². The first-order valence-electron chi connectivity index (χ1n) is 11.3. The Labute approximate surface area is 225 Å². The van der Waals surface area contributed by atoms with Crippen LogP contribution in [0.4, 0.5) is 24.7 Å². The van der Waals surface area contributed by atoms with E-state index in [0.29, 0.717) is 11.3 Å². The van der Waals surface area contributed by atoms with E-state index < -0.39 is 35.9 Å². The summed E-state index contributed by atoms with van der Waals surface area (Å²) >= 11 is 5.42. The summed E-state index contributed by atoms with van der Waals surface area (Å²) in [5.41, 5.74) is 0.866. The van der Waals surface area contributed by atoms with Crippen LogP contribution in [0, 0.1) is 0 Å². The quantitative estimate of drug-likeness (QED) is 0.191. The predicted molar refractivity (Wildman–Crippen MR) is 131 cm³/mol. The first kappa shape index (κ1) is 27.5. The van der Waals surface area contributed by atoms with Crippen molar-refractivity contribution in [1.82, 2.24) is 15.1 Å². The summed E-state index contributed by atoms with van der Waals surface area (Å²) in [6.07, 6.45) is -5.17. The van der Waals surface area contributed by atoms with Crippen LogP contribution in [0.15, 0.2) is 64.1 Å². The monoisotopic (exact) mass is 562 g/mol. The van der Waals surface area contributed by atoms with Gasteiger partial charge in [0.1, 0.15) is 18.3 Å². The molecule has 39 heavy (non-hydrogen) atoms. The van der Waals surface area contributed by atoms with Crippen LogP contribution in [0.25, 0.3) is 0 Å². The molecule has 15 heteroatoms. The number of aromatic nitrogens is 2. The van der Waals surface area contributed by atoms with Crippen molar-refractivity contribution in [3.8, 4) is 5.75 Å². The van der Waals surface area contributed by atoms with E-state index in [2.05, 4.69) is 20.3 Å². The van der Waals surface area contributed by atoms with Crippen molar-refractivity contribution in [3.63, 3.8) is 0 Å². The van der Waals surface area contributed by atoms with Gasteiger partial charge in [0.25, 0.3) is 11.6 Å². The predicted octanol–water partition coefficient (Wildman–Crippen LogP) is 1.79. The Morgan fingerprint density at radius 2 is 1.90 bits per heavy atom. The molecule has 1 aromatic heterocycles. The van der Waals surface area contributed by atoms with Gasteiger partial charge in [0, 0.05) is 12.7 Å². The third kappa shape index (κ3) is 6.49. The van der Waals surface area contributed by atoms with E-state index in [1.54, 1.807) is 37.4 Å². The number of aryl methyl sites for hydroxylation is 1. The fourth-order valence-electron chi connectivity index (χ4n) is 3.77. The molecule has 0 aliphatic carbocycles. The van der Waals surface area contributed by atoms with Gasteiger partial charge in [-0.3, -0.25) is 19.0 Å². The van der Waals surface area contributed by atoms with Gasteiger partial charge in [0.2, 0.25) is 11.2 Å². The lowest BCUT2D eigenvalue weighted by Gasteiger charge is -2.21. The number of ether oxygens (including phenoxy) is 1. The first-order chi connectivity index (χ1) is 18.4. The van der Waals surface area contributed by atoms with Crippen LogP contribution in [0.3, 0.4) is 0 Å². The van der Waals surface area contributed by atoms with Crippen molar-refractivity contribution in [1.29, 1.82) is 0 Å². The molecule has 1 aliphatic rings. The molecule has 0 radical (unpaired) electrons. The molecule has 11 nitrogen and oxygen atoms in total. The Morgan fingerprint density at radius 1 is 1.23 bits per heavy atom. The summed E-state index contributed by atoms with van der Waals surface area (Å²) in [4.78, 5) is 32.4. The summed E-state index contributed by atoms with van der Waals surface area (Å²) in [6, 6.07) is 11.9. The Balaban J connectivity index is 1.50. The second-order valence-electron chi connectivity index (χ2n) is 8.38. The number of likely N-dealkylation sites (N-methyl/N-ethyl adjacent to an activating group) is 1. The van der Waals surface area contributed by atoms with Crippen molar-refractivity contribution in [3.05, 3.63) is 65.9 Å². The van der Waals surface area contributed by atoms with Crippen LogP contribution in [-0.4, -0.2) is 57.3 Å². The molecule has 0 spiro atoms. The molecule has 1 N–H and O–H groups in total. The minimum Gasteiger partial charge on any atom is -0.858 e. The molecule has 1 unspecified atom stereocenters. The van der Waals surface area contributed by atoms with Gasteiger partial charge in [-0.2, -0.15) is 0 Å². The normalized spacial score (nSPS) is 16.1. The maximum Gasteiger partial charge on any atom is 0.573 e. The minimum absolute atomic E-state index is 0.0583. The molecule has 1 atom stereocenters. The fourth-order valence-corrected chi connectivity index (χ4v) is 4.06. The average Bonchev–Trinajstić information content (AvgIpc) is 3.32. The zero-order valence-electron chi connectivity index (χ0n) is 20.5.